The molecular weight excluding hydrogens is 212 g/mol. The third kappa shape index (κ3) is 3.66. The molecule has 0 aliphatic heterocycles. The number of rotatable bonds is 5. The van der Waals surface area contributed by atoms with Crippen LogP contribution in [-0.4, -0.2) is 22.6 Å². The molecule has 0 fully saturated rings. The van der Waals surface area contributed by atoms with Crippen LogP contribution in [0, 0.1) is 12.8 Å². The maximum Gasteiger partial charge on any atom is 0.225 e. The minimum atomic E-state index is 0.403. The zero-order chi connectivity index (χ0) is 13.0. The Morgan fingerprint density at radius 1 is 1.29 bits per heavy atom. The zero-order valence-electron chi connectivity index (χ0n) is 11.6. The van der Waals surface area contributed by atoms with Crippen LogP contribution in [0.2, 0.25) is 0 Å². The lowest BCUT2D eigenvalue weighted by Gasteiger charge is -2.28. The molecule has 0 atom stereocenters. The molecule has 0 bridgehead atoms. The molecule has 0 aromatic carbocycles. The van der Waals surface area contributed by atoms with Crippen molar-refractivity contribution in [2.45, 2.75) is 47.2 Å². The molecule has 0 unspecified atom stereocenters. The molecule has 2 N–H and O–H groups in total. The van der Waals surface area contributed by atoms with Crippen LogP contribution in [0.15, 0.2) is 6.20 Å². The van der Waals surface area contributed by atoms with Crippen molar-refractivity contribution < 1.29 is 0 Å². The van der Waals surface area contributed by atoms with Gasteiger partial charge in [0, 0.05) is 36.6 Å². The van der Waals surface area contributed by atoms with Crippen molar-refractivity contribution in [3.05, 3.63) is 17.5 Å². The summed E-state index contributed by atoms with van der Waals surface area (Å²) in [6.45, 7) is 12.2. The third-order valence-electron chi connectivity index (χ3n) is 2.73. The SMILES string of the molecule is Cc1nc(N(CC(C)C)C(C)C)ncc1CN. The van der Waals surface area contributed by atoms with Crippen molar-refractivity contribution >= 4 is 5.95 Å². The second kappa shape index (κ2) is 5.96. The lowest BCUT2D eigenvalue weighted by atomic mass is 10.2. The molecule has 17 heavy (non-hydrogen) atoms. The second-order valence-electron chi connectivity index (χ2n) is 5.12. The Labute approximate surface area is 104 Å². The van der Waals surface area contributed by atoms with E-state index in [2.05, 4.69) is 42.6 Å². The maximum absolute atomic E-state index is 5.62. The lowest BCUT2D eigenvalue weighted by Crippen LogP contribution is -2.35. The van der Waals surface area contributed by atoms with Crippen molar-refractivity contribution in [1.82, 2.24) is 9.97 Å². The van der Waals surface area contributed by atoms with Crippen LogP contribution < -0.4 is 10.6 Å². The standard InChI is InChI=1S/C13H24N4/c1-9(2)8-17(10(3)4)13-15-7-12(6-14)11(5)16-13/h7,9-10H,6,8,14H2,1-5H3. The topological polar surface area (TPSA) is 55.0 Å². The smallest absolute Gasteiger partial charge is 0.225 e. The average molecular weight is 236 g/mol. The normalized spacial score (nSPS) is 11.3. The summed E-state index contributed by atoms with van der Waals surface area (Å²) in [5, 5.41) is 0. The second-order valence-corrected chi connectivity index (χ2v) is 5.12. The molecule has 1 aromatic rings. The Kier molecular flexibility index (Phi) is 4.87. The highest BCUT2D eigenvalue weighted by molar-refractivity contribution is 5.34. The van der Waals surface area contributed by atoms with Crippen molar-refractivity contribution in [2.24, 2.45) is 11.7 Å². The van der Waals surface area contributed by atoms with E-state index < -0.39 is 0 Å². The summed E-state index contributed by atoms with van der Waals surface area (Å²) < 4.78 is 0. The van der Waals surface area contributed by atoms with E-state index in [-0.39, 0.29) is 0 Å². The van der Waals surface area contributed by atoms with Gasteiger partial charge in [-0.1, -0.05) is 13.8 Å². The van der Waals surface area contributed by atoms with Gasteiger partial charge in [-0.15, -0.1) is 0 Å². The Bertz CT molecular complexity index is 360. The van der Waals surface area contributed by atoms with E-state index in [1.165, 1.54) is 0 Å². The predicted molar refractivity (Wildman–Crippen MR) is 72.0 cm³/mol. The van der Waals surface area contributed by atoms with Crippen molar-refractivity contribution in [2.75, 3.05) is 11.4 Å². The van der Waals surface area contributed by atoms with E-state index in [1.807, 2.05) is 13.1 Å². The molecule has 0 amide bonds. The minimum Gasteiger partial charge on any atom is -0.338 e. The highest BCUT2D eigenvalue weighted by atomic mass is 15.3. The van der Waals surface area contributed by atoms with Crippen LogP contribution in [-0.2, 0) is 6.54 Å². The molecule has 0 saturated carbocycles. The first kappa shape index (κ1) is 13.9. The highest BCUT2D eigenvalue weighted by Gasteiger charge is 2.15. The summed E-state index contributed by atoms with van der Waals surface area (Å²) in [4.78, 5) is 11.2. The van der Waals surface area contributed by atoms with Gasteiger partial charge in [0.05, 0.1) is 0 Å². The van der Waals surface area contributed by atoms with E-state index >= 15 is 0 Å². The molecular formula is C13H24N4. The van der Waals surface area contributed by atoms with E-state index in [0.717, 1.165) is 23.8 Å². The molecule has 0 aliphatic rings. The van der Waals surface area contributed by atoms with Crippen molar-refractivity contribution in [3.8, 4) is 0 Å². The maximum atomic E-state index is 5.62. The van der Waals surface area contributed by atoms with Gasteiger partial charge in [0.25, 0.3) is 0 Å². The molecule has 0 aliphatic carbocycles. The summed E-state index contributed by atoms with van der Waals surface area (Å²) in [5.41, 5.74) is 7.62. The van der Waals surface area contributed by atoms with Crippen LogP contribution in [0.3, 0.4) is 0 Å². The van der Waals surface area contributed by atoms with Crippen LogP contribution in [0.5, 0.6) is 0 Å². The summed E-state index contributed by atoms with van der Waals surface area (Å²) >= 11 is 0. The molecule has 1 aromatic heterocycles. The number of nitrogens with two attached hydrogens (primary N) is 1. The van der Waals surface area contributed by atoms with E-state index in [0.29, 0.717) is 18.5 Å². The van der Waals surface area contributed by atoms with Crippen molar-refractivity contribution in [1.29, 1.82) is 0 Å². The van der Waals surface area contributed by atoms with Gasteiger partial charge in [-0.25, -0.2) is 9.97 Å². The predicted octanol–water partition coefficient (Wildman–Crippen LogP) is 2.11. The fraction of sp³-hybridized carbons (Fsp3) is 0.692. The van der Waals surface area contributed by atoms with Gasteiger partial charge in [-0.3, -0.25) is 0 Å². The van der Waals surface area contributed by atoms with Gasteiger partial charge in [0.1, 0.15) is 0 Å². The lowest BCUT2D eigenvalue weighted by molar-refractivity contribution is 0.559. The Balaban J connectivity index is 2.98. The molecule has 4 heteroatoms. The summed E-state index contributed by atoms with van der Waals surface area (Å²) in [6.07, 6.45) is 1.84. The van der Waals surface area contributed by atoms with Crippen molar-refractivity contribution in [3.63, 3.8) is 0 Å². The summed E-state index contributed by atoms with van der Waals surface area (Å²) in [5.74, 6) is 1.40. The number of hydrogen-bond donors (Lipinski definition) is 1. The Hall–Kier alpha value is -1.16. The van der Waals surface area contributed by atoms with Crippen LogP contribution in [0.1, 0.15) is 39.0 Å². The average Bonchev–Trinajstić information content (AvgIpc) is 2.25. The van der Waals surface area contributed by atoms with Crippen LogP contribution in [0.25, 0.3) is 0 Å². The Morgan fingerprint density at radius 3 is 2.35 bits per heavy atom. The molecule has 0 saturated heterocycles. The summed E-state index contributed by atoms with van der Waals surface area (Å²) in [6, 6.07) is 0.403. The summed E-state index contributed by atoms with van der Waals surface area (Å²) in [7, 11) is 0. The van der Waals surface area contributed by atoms with Gasteiger partial charge in [0.15, 0.2) is 0 Å². The van der Waals surface area contributed by atoms with Crippen LogP contribution in [0.4, 0.5) is 5.95 Å². The number of hydrogen-bond acceptors (Lipinski definition) is 4. The molecule has 96 valence electrons. The van der Waals surface area contributed by atoms with Gasteiger partial charge in [-0.2, -0.15) is 0 Å². The number of aromatic nitrogens is 2. The fourth-order valence-electron chi connectivity index (χ4n) is 1.74. The van der Waals surface area contributed by atoms with Gasteiger partial charge in [0.2, 0.25) is 5.95 Å². The molecule has 0 radical (unpaired) electrons. The fourth-order valence-corrected chi connectivity index (χ4v) is 1.74. The third-order valence-corrected chi connectivity index (χ3v) is 2.73. The minimum absolute atomic E-state index is 0.403. The van der Waals surface area contributed by atoms with E-state index in [4.69, 9.17) is 5.73 Å². The van der Waals surface area contributed by atoms with Gasteiger partial charge in [-0.05, 0) is 26.7 Å². The largest absolute Gasteiger partial charge is 0.338 e. The molecule has 1 rings (SSSR count). The molecule has 1 heterocycles. The zero-order valence-corrected chi connectivity index (χ0v) is 11.6. The van der Waals surface area contributed by atoms with Gasteiger partial charge >= 0.3 is 0 Å². The quantitative estimate of drug-likeness (QED) is 0.850. The first-order valence-electron chi connectivity index (χ1n) is 6.25. The molecule has 4 nitrogen and oxygen atoms in total. The first-order valence-corrected chi connectivity index (χ1v) is 6.25. The Morgan fingerprint density at radius 2 is 1.94 bits per heavy atom. The molecule has 0 spiro atoms. The monoisotopic (exact) mass is 236 g/mol. The number of anilines is 1. The van der Waals surface area contributed by atoms with Gasteiger partial charge < -0.3 is 10.6 Å². The highest BCUT2D eigenvalue weighted by Crippen LogP contribution is 2.15. The van der Waals surface area contributed by atoms with E-state index in [9.17, 15) is 0 Å². The number of aryl methyl sites for hydroxylation is 1. The number of nitrogens with zero attached hydrogens (tertiary/aromatic N) is 3. The van der Waals surface area contributed by atoms with E-state index in [1.54, 1.807) is 0 Å². The first-order chi connectivity index (χ1) is 7.95. The van der Waals surface area contributed by atoms with Crippen LogP contribution >= 0.6 is 0 Å².